The molecule has 1 aromatic carbocycles. The van der Waals surface area contributed by atoms with E-state index in [1.807, 2.05) is 26.0 Å². The molecule has 1 aliphatic rings. The molecule has 1 N–H and O–H groups in total. The molecule has 1 amide bonds. The van der Waals surface area contributed by atoms with Gasteiger partial charge in [-0.15, -0.1) is 0 Å². The highest BCUT2D eigenvalue weighted by Gasteiger charge is 2.26. The number of anilines is 2. The van der Waals surface area contributed by atoms with Crippen LogP contribution in [0.5, 0.6) is 0 Å². The summed E-state index contributed by atoms with van der Waals surface area (Å²) >= 11 is 0. The minimum absolute atomic E-state index is 0.0149. The zero-order chi connectivity index (χ0) is 14.2. The van der Waals surface area contributed by atoms with Gasteiger partial charge in [0, 0.05) is 20.0 Å². The predicted octanol–water partition coefficient (Wildman–Crippen LogP) is 1.56. The largest absolute Gasteiger partial charge is 0.480 e. The van der Waals surface area contributed by atoms with Crippen molar-refractivity contribution in [1.29, 1.82) is 0 Å². The van der Waals surface area contributed by atoms with Crippen molar-refractivity contribution in [2.45, 2.75) is 20.3 Å². The summed E-state index contributed by atoms with van der Waals surface area (Å²) in [5.74, 6) is -0.872. The Balaban J connectivity index is 2.57. The fourth-order valence-corrected chi connectivity index (χ4v) is 2.59. The molecule has 0 unspecified atom stereocenters. The molecule has 102 valence electrons. The first kappa shape index (κ1) is 13.4. The molecular weight excluding hydrogens is 244 g/mol. The van der Waals surface area contributed by atoms with Crippen molar-refractivity contribution in [2.75, 3.05) is 29.9 Å². The van der Waals surface area contributed by atoms with E-state index in [2.05, 4.69) is 0 Å². The van der Waals surface area contributed by atoms with Crippen molar-refractivity contribution >= 4 is 23.3 Å². The Hall–Kier alpha value is -2.04. The van der Waals surface area contributed by atoms with Crippen molar-refractivity contribution in [1.82, 2.24) is 0 Å². The van der Waals surface area contributed by atoms with E-state index in [0.717, 1.165) is 22.5 Å². The van der Waals surface area contributed by atoms with Crippen LogP contribution >= 0.6 is 0 Å². The maximum atomic E-state index is 12.0. The number of amides is 1. The predicted molar refractivity (Wildman–Crippen MR) is 73.8 cm³/mol. The summed E-state index contributed by atoms with van der Waals surface area (Å²) in [4.78, 5) is 26.4. The number of aliphatic carboxylic acids is 1. The van der Waals surface area contributed by atoms with Crippen LogP contribution in [0.3, 0.4) is 0 Å². The van der Waals surface area contributed by atoms with Gasteiger partial charge in [0.1, 0.15) is 6.54 Å². The topological polar surface area (TPSA) is 60.9 Å². The number of carbonyl (C=O) groups excluding carboxylic acids is 1. The fraction of sp³-hybridized carbons (Fsp3) is 0.429. The lowest BCUT2D eigenvalue weighted by Gasteiger charge is -2.25. The first-order chi connectivity index (χ1) is 8.90. The lowest BCUT2D eigenvalue weighted by molar-refractivity contribution is -0.135. The first-order valence-electron chi connectivity index (χ1n) is 6.24. The smallest absolute Gasteiger partial charge is 0.323 e. The van der Waals surface area contributed by atoms with Gasteiger partial charge in [-0.1, -0.05) is 6.07 Å². The molecule has 0 saturated heterocycles. The fourth-order valence-electron chi connectivity index (χ4n) is 2.59. The summed E-state index contributed by atoms with van der Waals surface area (Å²) in [5, 5.41) is 9.01. The lowest BCUT2D eigenvalue weighted by Crippen LogP contribution is -2.30. The van der Waals surface area contributed by atoms with Crippen LogP contribution in [-0.4, -0.2) is 37.1 Å². The van der Waals surface area contributed by atoms with Crippen LogP contribution in [0, 0.1) is 13.8 Å². The van der Waals surface area contributed by atoms with Crippen LogP contribution < -0.4 is 9.80 Å². The van der Waals surface area contributed by atoms with Crippen LogP contribution in [0.1, 0.15) is 17.5 Å². The molecular formula is C14H18N2O3. The number of benzene rings is 1. The summed E-state index contributed by atoms with van der Waals surface area (Å²) in [7, 11) is 1.74. The van der Waals surface area contributed by atoms with E-state index in [9.17, 15) is 9.59 Å². The number of aryl methyl sites for hydroxylation is 2. The van der Waals surface area contributed by atoms with E-state index >= 15 is 0 Å². The van der Waals surface area contributed by atoms with Crippen LogP contribution in [0.2, 0.25) is 0 Å². The average Bonchev–Trinajstić information content (AvgIpc) is 2.41. The highest BCUT2D eigenvalue weighted by Crippen LogP contribution is 2.35. The highest BCUT2D eigenvalue weighted by atomic mass is 16.4. The second-order valence-corrected chi connectivity index (χ2v) is 4.97. The summed E-state index contributed by atoms with van der Waals surface area (Å²) < 4.78 is 0. The SMILES string of the molecule is Cc1cc(C)c2c(c1)N(CC(=O)O)CCC(=O)N2C. The van der Waals surface area contributed by atoms with Gasteiger partial charge in [0.25, 0.3) is 0 Å². The zero-order valence-electron chi connectivity index (χ0n) is 11.4. The Morgan fingerprint density at radius 1 is 1.37 bits per heavy atom. The molecule has 1 aliphatic heterocycles. The molecule has 0 saturated carbocycles. The Bertz CT molecular complexity index is 540. The Morgan fingerprint density at radius 3 is 2.68 bits per heavy atom. The Morgan fingerprint density at radius 2 is 2.05 bits per heavy atom. The Kier molecular flexibility index (Phi) is 3.46. The molecule has 0 fully saturated rings. The van der Waals surface area contributed by atoms with E-state index in [1.165, 1.54) is 0 Å². The van der Waals surface area contributed by atoms with Gasteiger partial charge in [-0.25, -0.2) is 0 Å². The van der Waals surface area contributed by atoms with Crippen molar-refractivity contribution in [2.24, 2.45) is 0 Å². The third kappa shape index (κ3) is 2.54. The van der Waals surface area contributed by atoms with Gasteiger partial charge in [-0.3, -0.25) is 9.59 Å². The highest BCUT2D eigenvalue weighted by molar-refractivity contribution is 5.99. The van der Waals surface area contributed by atoms with Crippen molar-refractivity contribution in [3.05, 3.63) is 23.3 Å². The number of hydrogen-bond donors (Lipinski definition) is 1. The van der Waals surface area contributed by atoms with E-state index in [1.54, 1.807) is 16.8 Å². The summed E-state index contributed by atoms with van der Waals surface area (Å²) in [5.41, 5.74) is 3.69. The van der Waals surface area contributed by atoms with Crippen LogP contribution in [0.15, 0.2) is 12.1 Å². The van der Waals surface area contributed by atoms with Crippen LogP contribution in [0.4, 0.5) is 11.4 Å². The molecule has 0 aromatic heterocycles. The van der Waals surface area contributed by atoms with E-state index < -0.39 is 5.97 Å². The molecule has 1 aromatic rings. The van der Waals surface area contributed by atoms with Gasteiger partial charge in [0.15, 0.2) is 0 Å². The molecule has 0 atom stereocenters. The monoisotopic (exact) mass is 262 g/mol. The molecule has 2 rings (SSSR count). The number of hydrogen-bond acceptors (Lipinski definition) is 3. The normalized spacial score (nSPS) is 15.2. The molecule has 1 heterocycles. The summed E-state index contributed by atoms with van der Waals surface area (Å²) in [6.45, 7) is 4.27. The second kappa shape index (κ2) is 4.91. The molecule has 0 aliphatic carbocycles. The standard InChI is InChI=1S/C14H18N2O3/c1-9-6-10(2)14-11(7-9)16(8-13(18)19)5-4-12(17)15(14)3/h6-7H,4-5,8H2,1-3H3,(H,18,19). The number of nitrogens with zero attached hydrogens (tertiary/aromatic N) is 2. The maximum Gasteiger partial charge on any atom is 0.323 e. The van der Waals surface area contributed by atoms with Crippen molar-refractivity contribution < 1.29 is 14.7 Å². The van der Waals surface area contributed by atoms with Crippen molar-refractivity contribution in [3.63, 3.8) is 0 Å². The third-order valence-electron chi connectivity index (χ3n) is 3.40. The van der Waals surface area contributed by atoms with Gasteiger partial charge in [0.05, 0.1) is 11.4 Å². The first-order valence-corrected chi connectivity index (χ1v) is 6.24. The second-order valence-electron chi connectivity index (χ2n) is 4.97. The summed E-state index contributed by atoms with van der Waals surface area (Å²) in [6, 6.07) is 3.95. The van der Waals surface area contributed by atoms with E-state index in [4.69, 9.17) is 5.11 Å². The number of carbonyl (C=O) groups is 2. The van der Waals surface area contributed by atoms with Gasteiger partial charge >= 0.3 is 5.97 Å². The number of rotatable bonds is 2. The van der Waals surface area contributed by atoms with Gasteiger partial charge in [-0.2, -0.15) is 0 Å². The third-order valence-corrected chi connectivity index (χ3v) is 3.40. The summed E-state index contributed by atoms with van der Waals surface area (Å²) in [6.07, 6.45) is 0.330. The number of fused-ring (bicyclic) bond motifs is 1. The van der Waals surface area contributed by atoms with Gasteiger partial charge < -0.3 is 14.9 Å². The maximum absolute atomic E-state index is 12.0. The molecule has 0 radical (unpaired) electrons. The Labute approximate surface area is 112 Å². The van der Waals surface area contributed by atoms with Gasteiger partial charge in [-0.05, 0) is 31.0 Å². The quantitative estimate of drug-likeness (QED) is 0.878. The van der Waals surface area contributed by atoms with Crippen LogP contribution in [-0.2, 0) is 9.59 Å². The molecule has 0 bridgehead atoms. The van der Waals surface area contributed by atoms with E-state index in [0.29, 0.717) is 13.0 Å². The van der Waals surface area contributed by atoms with E-state index in [-0.39, 0.29) is 12.5 Å². The minimum Gasteiger partial charge on any atom is -0.480 e. The molecule has 5 heteroatoms. The number of carboxylic acids is 1. The van der Waals surface area contributed by atoms with Crippen LogP contribution in [0.25, 0.3) is 0 Å². The average molecular weight is 262 g/mol. The number of carboxylic acid groups (broad SMARTS) is 1. The van der Waals surface area contributed by atoms with Gasteiger partial charge in [0.2, 0.25) is 5.91 Å². The lowest BCUT2D eigenvalue weighted by atomic mass is 10.1. The molecule has 5 nitrogen and oxygen atoms in total. The zero-order valence-corrected chi connectivity index (χ0v) is 11.4. The molecule has 0 spiro atoms. The minimum atomic E-state index is -0.887. The molecule has 19 heavy (non-hydrogen) atoms. The van der Waals surface area contributed by atoms with Crippen molar-refractivity contribution in [3.8, 4) is 0 Å².